The molecule has 98 valence electrons. The first-order chi connectivity index (χ1) is 8.38. The zero-order valence-electron chi connectivity index (χ0n) is 9.28. The third kappa shape index (κ3) is 2.49. The summed E-state index contributed by atoms with van der Waals surface area (Å²) in [6, 6.07) is 3.88. The number of hydrogen-bond donors (Lipinski definition) is 1. The molecule has 0 aliphatic carbocycles. The molecule has 1 aliphatic heterocycles. The number of alkyl halides is 3. The van der Waals surface area contributed by atoms with Crippen molar-refractivity contribution in [2.75, 3.05) is 6.54 Å². The zero-order chi connectivity index (χ0) is 13.3. The molecule has 1 unspecified atom stereocenters. The molecule has 1 heterocycles. The average Bonchev–Trinajstić information content (AvgIpc) is 2.23. The van der Waals surface area contributed by atoms with Crippen molar-refractivity contribution in [2.24, 2.45) is 5.73 Å². The highest BCUT2D eigenvalue weighted by molar-refractivity contribution is 5.73. The predicted octanol–water partition coefficient (Wildman–Crippen LogP) is 2.19. The van der Waals surface area contributed by atoms with Gasteiger partial charge in [0.15, 0.2) is 6.23 Å². The lowest BCUT2D eigenvalue weighted by Crippen LogP contribution is -2.56. The van der Waals surface area contributed by atoms with E-state index >= 15 is 0 Å². The van der Waals surface area contributed by atoms with Crippen LogP contribution in [0, 0.1) is 0 Å². The summed E-state index contributed by atoms with van der Waals surface area (Å²) in [7, 11) is 0. The Morgan fingerprint density at radius 3 is 2.67 bits per heavy atom. The standard InChI is InChI=1S/C11H11F3N2O2/c12-11(13,14)7-2-1-3-8(6-7)18-9-4-5-16(9)10(15)17/h1-3,6,9H,4-5H2,(H2,15,17). The lowest BCUT2D eigenvalue weighted by Gasteiger charge is -2.39. The molecule has 0 aromatic heterocycles. The second-order valence-corrected chi connectivity index (χ2v) is 3.92. The van der Waals surface area contributed by atoms with Crippen LogP contribution in [0.25, 0.3) is 0 Å². The van der Waals surface area contributed by atoms with Crippen molar-refractivity contribution in [2.45, 2.75) is 18.8 Å². The lowest BCUT2D eigenvalue weighted by molar-refractivity contribution is -0.137. The summed E-state index contributed by atoms with van der Waals surface area (Å²) in [5, 5.41) is 0. The fourth-order valence-electron chi connectivity index (χ4n) is 1.64. The maximum Gasteiger partial charge on any atom is 0.416 e. The Morgan fingerprint density at radius 2 is 2.17 bits per heavy atom. The van der Waals surface area contributed by atoms with Crippen LogP contribution in [0.15, 0.2) is 24.3 Å². The highest BCUT2D eigenvalue weighted by atomic mass is 19.4. The minimum Gasteiger partial charge on any atom is -0.470 e. The Bertz CT molecular complexity index is 462. The molecule has 1 aromatic rings. The monoisotopic (exact) mass is 260 g/mol. The van der Waals surface area contributed by atoms with Gasteiger partial charge < -0.3 is 10.5 Å². The number of primary amides is 1. The van der Waals surface area contributed by atoms with E-state index < -0.39 is 24.0 Å². The fraction of sp³-hybridized carbons (Fsp3) is 0.364. The fourth-order valence-corrected chi connectivity index (χ4v) is 1.64. The first kappa shape index (κ1) is 12.5. The van der Waals surface area contributed by atoms with Gasteiger partial charge in [0, 0.05) is 13.0 Å². The molecule has 1 saturated heterocycles. The van der Waals surface area contributed by atoms with Crippen molar-refractivity contribution >= 4 is 6.03 Å². The molecule has 7 heteroatoms. The van der Waals surface area contributed by atoms with Crippen LogP contribution in [-0.2, 0) is 6.18 Å². The topological polar surface area (TPSA) is 55.6 Å². The number of urea groups is 1. The molecule has 0 saturated carbocycles. The first-order valence-corrected chi connectivity index (χ1v) is 5.28. The van der Waals surface area contributed by atoms with Gasteiger partial charge in [0.1, 0.15) is 5.75 Å². The number of ether oxygens (including phenoxy) is 1. The quantitative estimate of drug-likeness (QED) is 0.886. The van der Waals surface area contributed by atoms with Crippen LogP contribution < -0.4 is 10.5 Å². The smallest absolute Gasteiger partial charge is 0.416 e. The molecule has 4 nitrogen and oxygen atoms in total. The number of hydrogen-bond acceptors (Lipinski definition) is 2. The Hall–Kier alpha value is -1.92. The van der Waals surface area contributed by atoms with Gasteiger partial charge in [-0.3, -0.25) is 4.90 Å². The molecule has 1 fully saturated rings. The van der Waals surface area contributed by atoms with Gasteiger partial charge in [-0.15, -0.1) is 0 Å². The maximum absolute atomic E-state index is 12.5. The van der Waals surface area contributed by atoms with Crippen LogP contribution in [0.1, 0.15) is 12.0 Å². The van der Waals surface area contributed by atoms with E-state index in [0.717, 1.165) is 12.1 Å². The molecule has 2 rings (SSSR count). The molecule has 0 bridgehead atoms. The third-order valence-electron chi connectivity index (χ3n) is 2.68. The molecule has 1 aliphatic rings. The number of halogens is 3. The zero-order valence-corrected chi connectivity index (χ0v) is 9.28. The van der Waals surface area contributed by atoms with E-state index in [4.69, 9.17) is 10.5 Å². The van der Waals surface area contributed by atoms with Gasteiger partial charge in [-0.25, -0.2) is 4.79 Å². The number of nitrogens with two attached hydrogens (primary N) is 1. The van der Waals surface area contributed by atoms with Crippen LogP contribution in [0.2, 0.25) is 0 Å². The normalized spacial score (nSPS) is 19.3. The van der Waals surface area contributed by atoms with E-state index in [9.17, 15) is 18.0 Å². The molecule has 1 atom stereocenters. The molecular weight excluding hydrogens is 249 g/mol. The minimum atomic E-state index is -4.41. The first-order valence-electron chi connectivity index (χ1n) is 5.28. The Morgan fingerprint density at radius 1 is 1.44 bits per heavy atom. The molecule has 0 radical (unpaired) electrons. The van der Waals surface area contributed by atoms with E-state index in [1.165, 1.54) is 17.0 Å². The average molecular weight is 260 g/mol. The molecule has 18 heavy (non-hydrogen) atoms. The van der Waals surface area contributed by atoms with Crippen molar-refractivity contribution in [3.63, 3.8) is 0 Å². The summed E-state index contributed by atoms with van der Waals surface area (Å²) in [6.45, 7) is 0.457. The summed E-state index contributed by atoms with van der Waals surface area (Å²) in [6.07, 6.45) is -4.44. The van der Waals surface area contributed by atoms with Crippen LogP contribution in [0.5, 0.6) is 5.75 Å². The summed E-state index contributed by atoms with van der Waals surface area (Å²) < 4.78 is 42.7. The largest absolute Gasteiger partial charge is 0.470 e. The lowest BCUT2D eigenvalue weighted by atomic mass is 10.2. The number of benzene rings is 1. The highest BCUT2D eigenvalue weighted by Gasteiger charge is 2.34. The summed E-state index contributed by atoms with van der Waals surface area (Å²) >= 11 is 0. The molecular formula is C11H11F3N2O2. The van der Waals surface area contributed by atoms with Crippen LogP contribution in [-0.4, -0.2) is 23.7 Å². The van der Waals surface area contributed by atoms with Gasteiger partial charge in [-0.2, -0.15) is 13.2 Å². The Kier molecular flexibility index (Phi) is 3.06. The third-order valence-corrected chi connectivity index (χ3v) is 2.68. The molecule has 2 amide bonds. The van der Waals surface area contributed by atoms with Crippen molar-refractivity contribution in [1.82, 2.24) is 4.90 Å². The SMILES string of the molecule is NC(=O)N1CCC1Oc1cccc(C(F)(F)F)c1. The minimum absolute atomic E-state index is 0.0702. The highest BCUT2D eigenvalue weighted by Crippen LogP contribution is 2.32. The Labute approximate surface area is 101 Å². The van der Waals surface area contributed by atoms with Gasteiger partial charge in [-0.05, 0) is 18.2 Å². The van der Waals surface area contributed by atoms with E-state index in [2.05, 4.69) is 0 Å². The van der Waals surface area contributed by atoms with Gasteiger partial charge in [0.25, 0.3) is 0 Å². The van der Waals surface area contributed by atoms with Gasteiger partial charge in [-0.1, -0.05) is 6.07 Å². The molecule has 0 spiro atoms. The molecule has 1 aromatic carbocycles. The van der Waals surface area contributed by atoms with Gasteiger partial charge in [0.2, 0.25) is 0 Å². The van der Waals surface area contributed by atoms with E-state index in [0.29, 0.717) is 13.0 Å². The Balaban J connectivity index is 2.09. The second kappa shape index (κ2) is 4.40. The van der Waals surface area contributed by atoms with Gasteiger partial charge in [0.05, 0.1) is 5.56 Å². The van der Waals surface area contributed by atoms with Crippen molar-refractivity contribution < 1.29 is 22.7 Å². The number of carbonyl (C=O) groups is 1. The summed E-state index contributed by atoms with van der Waals surface area (Å²) in [5.74, 6) is 0.0702. The number of rotatable bonds is 2. The maximum atomic E-state index is 12.5. The van der Waals surface area contributed by atoms with E-state index in [1.54, 1.807) is 0 Å². The van der Waals surface area contributed by atoms with Crippen molar-refractivity contribution in [3.05, 3.63) is 29.8 Å². The predicted molar refractivity (Wildman–Crippen MR) is 56.8 cm³/mol. The van der Waals surface area contributed by atoms with E-state index in [1.807, 2.05) is 0 Å². The number of carbonyl (C=O) groups excluding carboxylic acids is 1. The van der Waals surface area contributed by atoms with Crippen LogP contribution in [0.3, 0.4) is 0 Å². The van der Waals surface area contributed by atoms with Crippen molar-refractivity contribution in [3.8, 4) is 5.75 Å². The molecule has 2 N–H and O–H groups in total. The van der Waals surface area contributed by atoms with Gasteiger partial charge >= 0.3 is 12.2 Å². The second-order valence-electron chi connectivity index (χ2n) is 3.92. The number of amides is 2. The number of nitrogens with zero attached hydrogens (tertiary/aromatic N) is 1. The summed E-state index contributed by atoms with van der Waals surface area (Å²) in [4.78, 5) is 12.1. The van der Waals surface area contributed by atoms with Crippen LogP contribution >= 0.6 is 0 Å². The van der Waals surface area contributed by atoms with E-state index in [-0.39, 0.29) is 5.75 Å². The number of likely N-dealkylation sites (tertiary alicyclic amines) is 1. The summed E-state index contributed by atoms with van der Waals surface area (Å²) in [5.41, 5.74) is 4.28. The van der Waals surface area contributed by atoms with Crippen molar-refractivity contribution in [1.29, 1.82) is 0 Å². The van der Waals surface area contributed by atoms with Crippen LogP contribution in [0.4, 0.5) is 18.0 Å².